The van der Waals surface area contributed by atoms with Gasteiger partial charge in [0.15, 0.2) is 0 Å². The van der Waals surface area contributed by atoms with Gasteiger partial charge in [-0.15, -0.1) is 0 Å². The minimum atomic E-state index is -0.593. The molecular weight excluding hydrogens is 468 g/mol. The predicted octanol–water partition coefficient (Wildman–Crippen LogP) is 5.41. The molecule has 37 heavy (non-hydrogen) atoms. The second-order valence-corrected chi connectivity index (χ2v) is 8.23. The molecule has 0 fully saturated rings. The Labute approximate surface area is 214 Å². The summed E-state index contributed by atoms with van der Waals surface area (Å²) in [6, 6.07) is 16.9. The number of anilines is 1. The molecule has 0 aliphatic rings. The summed E-state index contributed by atoms with van der Waals surface area (Å²) in [6.45, 7) is 4.37. The minimum Gasteiger partial charge on any atom is -0.450 e. The SMILES string of the molecule is C.CCOC(=O)Nc1nc2c(-c3ccccn3)cc(-c3cc(C)n(Cc4ccncc4)c(=O)c3)cc2[nH]1. The molecule has 4 aromatic heterocycles. The third-order valence-corrected chi connectivity index (χ3v) is 5.78. The fraction of sp³-hybridized carbons (Fsp3) is 0.179. The van der Waals surface area contributed by atoms with Crippen molar-refractivity contribution in [2.45, 2.75) is 27.8 Å². The number of fused-ring (bicyclic) bond motifs is 1. The third-order valence-electron chi connectivity index (χ3n) is 5.78. The van der Waals surface area contributed by atoms with Crippen LogP contribution in [-0.4, -0.2) is 37.2 Å². The van der Waals surface area contributed by atoms with Crippen LogP contribution in [-0.2, 0) is 11.3 Å². The molecule has 0 aliphatic carbocycles. The first-order valence-corrected chi connectivity index (χ1v) is 11.5. The van der Waals surface area contributed by atoms with Crippen LogP contribution in [0.5, 0.6) is 0 Å². The molecule has 9 nitrogen and oxygen atoms in total. The van der Waals surface area contributed by atoms with E-state index < -0.39 is 6.09 Å². The Kier molecular flexibility index (Phi) is 7.43. The Morgan fingerprint density at radius 3 is 2.54 bits per heavy atom. The van der Waals surface area contributed by atoms with Crippen molar-refractivity contribution in [3.63, 3.8) is 0 Å². The number of nitrogens with one attached hydrogen (secondary N) is 2. The summed E-state index contributed by atoms with van der Waals surface area (Å²) in [5, 5.41) is 2.61. The normalized spacial score (nSPS) is 10.6. The summed E-state index contributed by atoms with van der Waals surface area (Å²) >= 11 is 0. The second kappa shape index (κ2) is 10.9. The minimum absolute atomic E-state index is 0. The van der Waals surface area contributed by atoms with Crippen LogP contribution in [0.4, 0.5) is 10.7 Å². The van der Waals surface area contributed by atoms with Crippen LogP contribution in [0.25, 0.3) is 33.4 Å². The maximum Gasteiger partial charge on any atom is 0.413 e. The lowest BCUT2D eigenvalue weighted by atomic mass is 9.99. The van der Waals surface area contributed by atoms with Gasteiger partial charge in [0, 0.05) is 35.9 Å². The molecule has 0 aliphatic heterocycles. The van der Waals surface area contributed by atoms with Crippen molar-refractivity contribution in [1.29, 1.82) is 0 Å². The van der Waals surface area contributed by atoms with Crippen LogP contribution in [0.3, 0.4) is 0 Å². The molecule has 2 N–H and O–H groups in total. The first-order valence-electron chi connectivity index (χ1n) is 11.5. The molecule has 1 amide bonds. The summed E-state index contributed by atoms with van der Waals surface area (Å²) in [4.78, 5) is 41.3. The monoisotopic (exact) mass is 496 g/mol. The predicted molar refractivity (Wildman–Crippen MR) is 144 cm³/mol. The Bertz CT molecular complexity index is 1590. The molecule has 1 aromatic carbocycles. The summed E-state index contributed by atoms with van der Waals surface area (Å²) in [7, 11) is 0. The number of pyridine rings is 3. The van der Waals surface area contributed by atoms with E-state index in [9.17, 15) is 9.59 Å². The molecule has 0 spiro atoms. The summed E-state index contributed by atoms with van der Waals surface area (Å²) in [5.74, 6) is 0.265. The Morgan fingerprint density at radius 2 is 1.84 bits per heavy atom. The number of carbonyl (C=O) groups is 1. The second-order valence-electron chi connectivity index (χ2n) is 8.23. The number of rotatable bonds is 6. The number of hydrogen-bond acceptors (Lipinski definition) is 6. The summed E-state index contributed by atoms with van der Waals surface area (Å²) < 4.78 is 6.70. The first-order chi connectivity index (χ1) is 17.5. The van der Waals surface area contributed by atoms with Crippen LogP contribution >= 0.6 is 0 Å². The highest BCUT2D eigenvalue weighted by molar-refractivity contribution is 5.97. The average Bonchev–Trinajstić information content (AvgIpc) is 3.29. The molecule has 5 aromatic rings. The summed E-state index contributed by atoms with van der Waals surface area (Å²) in [5.41, 5.74) is 6.17. The van der Waals surface area contributed by atoms with Gasteiger partial charge in [-0.05, 0) is 73.0 Å². The third kappa shape index (κ3) is 5.40. The van der Waals surface area contributed by atoms with Gasteiger partial charge in [-0.25, -0.2) is 9.78 Å². The van der Waals surface area contributed by atoms with Crippen LogP contribution in [0.2, 0.25) is 0 Å². The van der Waals surface area contributed by atoms with Crippen molar-refractivity contribution in [3.05, 3.63) is 94.8 Å². The number of imidazole rings is 1. The van der Waals surface area contributed by atoms with Crippen molar-refractivity contribution < 1.29 is 9.53 Å². The lowest BCUT2D eigenvalue weighted by molar-refractivity contribution is 0.167. The highest BCUT2D eigenvalue weighted by Crippen LogP contribution is 2.33. The molecule has 0 radical (unpaired) electrons. The van der Waals surface area contributed by atoms with Gasteiger partial charge in [0.2, 0.25) is 5.95 Å². The number of nitrogens with zero attached hydrogens (tertiary/aromatic N) is 4. The molecule has 0 atom stereocenters. The van der Waals surface area contributed by atoms with Crippen LogP contribution in [0.1, 0.15) is 25.6 Å². The van der Waals surface area contributed by atoms with Crippen molar-refractivity contribution >= 4 is 23.1 Å². The molecule has 0 saturated heterocycles. The first kappa shape index (κ1) is 25.3. The number of carbonyl (C=O) groups excluding carboxylic acids is 1. The van der Waals surface area contributed by atoms with Gasteiger partial charge in [0.05, 0.1) is 29.9 Å². The van der Waals surface area contributed by atoms with E-state index in [1.54, 1.807) is 36.1 Å². The fourth-order valence-electron chi connectivity index (χ4n) is 4.09. The fourth-order valence-corrected chi connectivity index (χ4v) is 4.09. The van der Waals surface area contributed by atoms with Crippen LogP contribution in [0.15, 0.2) is 78.0 Å². The molecular formula is C28H28N6O3. The van der Waals surface area contributed by atoms with Crippen molar-refractivity contribution in [2.24, 2.45) is 0 Å². The highest BCUT2D eigenvalue weighted by Gasteiger charge is 2.16. The molecule has 4 heterocycles. The number of H-pyrrole nitrogens is 1. The number of aromatic amines is 1. The van der Waals surface area contributed by atoms with E-state index in [0.29, 0.717) is 17.6 Å². The Morgan fingerprint density at radius 1 is 1.05 bits per heavy atom. The molecule has 0 bridgehead atoms. The van der Waals surface area contributed by atoms with E-state index in [0.717, 1.165) is 33.6 Å². The molecule has 0 unspecified atom stereocenters. The number of amides is 1. The zero-order chi connectivity index (χ0) is 25.1. The Hall–Kier alpha value is -4.79. The average molecular weight is 497 g/mol. The van der Waals surface area contributed by atoms with Gasteiger partial charge < -0.3 is 14.3 Å². The smallest absolute Gasteiger partial charge is 0.413 e. The summed E-state index contributed by atoms with van der Waals surface area (Å²) in [6.07, 6.45) is 4.55. The van der Waals surface area contributed by atoms with E-state index in [-0.39, 0.29) is 25.5 Å². The number of hydrogen-bond donors (Lipinski definition) is 2. The van der Waals surface area contributed by atoms with E-state index in [1.165, 1.54) is 0 Å². The standard InChI is InChI=1S/C27H24N6O3.CH4/c1-3-36-27(35)32-26-30-23-14-20(13-21(25(23)31-26)22-6-4-5-9-29-22)19-12-17(2)33(24(34)15-19)16-18-7-10-28-11-8-18;/h4-15H,3,16H2,1-2H3,(H2,30,31,32,35);1H4. The van der Waals surface area contributed by atoms with Crippen molar-refractivity contribution in [3.8, 4) is 22.4 Å². The van der Waals surface area contributed by atoms with Gasteiger partial charge in [-0.1, -0.05) is 13.5 Å². The molecule has 188 valence electrons. The topological polar surface area (TPSA) is 115 Å². The van der Waals surface area contributed by atoms with Gasteiger partial charge in [-0.3, -0.25) is 20.1 Å². The number of benzene rings is 1. The van der Waals surface area contributed by atoms with Crippen molar-refractivity contribution in [1.82, 2.24) is 24.5 Å². The van der Waals surface area contributed by atoms with E-state index in [1.807, 2.05) is 55.5 Å². The van der Waals surface area contributed by atoms with E-state index in [2.05, 4.69) is 25.3 Å². The highest BCUT2D eigenvalue weighted by atomic mass is 16.5. The van der Waals surface area contributed by atoms with Gasteiger partial charge in [0.1, 0.15) is 0 Å². The zero-order valence-electron chi connectivity index (χ0n) is 19.9. The number of aromatic nitrogens is 5. The number of ether oxygens (including phenoxy) is 1. The van der Waals surface area contributed by atoms with Crippen LogP contribution < -0.4 is 10.9 Å². The number of aryl methyl sites for hydroxylation is 1. The van der Waals surface area contributed by atoms with Gasteiger partial charge in [0.25, 0.3) is 5.56 Å². The van der Waals surface area contributed by atoms with E-state index in [4.69, 9.17) is 4.74 Å². The van der Waals surface area contributed by atoms with Gasteiger partial charge >= 0.3 is 6.09 Å². The Balaban J connectivity index is 0.00000320. The lowest BCUT2D eigenvalue weighted by Crippen LogP contribution is -2.22. The quantitative estimate of drug-likeness (QED) is 0.325. The zero-order valence-corrected chi connectivity index (χ0v) is 19.9. The lowest BCUT2D eigenvalue weighted by Gasteiger charge is -2.13. The molecule has 0 saturated carbocycles. The van der Waals surface area contributed by atoms with Crippen molar-refractivity contribution in [2.75, 3.05) is 11.9 Å². The maximum atomic E-state index is 13.1. The molecule has 9 heteroatoms. The van der Waals surface area contributed by atoms with E-state index >= 15 is 0 Å². The van der Waals surface area contributed by atoms with Crippen LogP contribution in [0, 0.1) is 6.92 Å². The largest absolute Gasteiger partial charge is 0.450 e. The maximum absolute atomic E-state index is 13.1. The van der Waals surface area contributed by atoms with Gasteiger partial charge in [-0.2, -0.15) is 0 Å². The molecule has 5 rings (SSSR count).